The van der Waals surface area contributed by atoms with Crippen LogP contribution in [0.4, 0.5) is 5.69 Å². The molecule has 0 fully saturated rings. The zero-order valence-electron chi connectivity index (χ0n) is 10.4. The summed E-state index contributed by atoms with van der Waals surface area (Å²) in [6.07, 6.45) is 1.23. The number of benzene rings is 1. The monoisotopic (exact) mass is 251 g/mol. The van der Waals surface area contributed by atoms with Gasteiger partial charge in [0.25, 0.3) is 0 Å². The van der Waals surface area contributed by atoms with Crippen molar-refractivity contribution in [2.45, 2.75) is 26.7 Å². The van der Waals surface area contributed by atoms with Crippen molar-refractivity contribution in [1.82, 2.24) is 0 Å². The number of phenolic OH excluding ortho intramolecular Hbond substituents is 1. The molecule has 0 heterocycles. The van der Waals surface area contributed by atoms with Crippen LogP contribution >= 0.6 is 0 Å². The lowest BCUT2D eigenvalue weighted by Gasteiger charge is -2.11. The Balaban J connectivity index is 2.84. The number of carbonyl (C=O) groups excluding carboxylic acids is 1. The van der Waals surface area contributed by atoms with Gasteiger partial charge in [-0.3, -0.25) is 4.79 Å². The fraction of sp³-hybridized carbons (Fsp3) is 0.385. The largest absolute Gasteiger partial charge is 0.508 e. The lowest BCUT2D eigenvalue weighted by atomic mass is 10.0. The molecular weight excluding hydrogens is 234 g/mol. The highest BCUT2D eigenvalue weighted by Gasteiger charge is 2.14. The lowest BCUT2D eigenvalue weighted by Crippen LogP contribution is -2.16. The van der Waals surface area contributed by atoms with E-state index in [0.717, 1.165) is 12.5 Å². The van der Waals surface area contributed by atoms with Gasteiger partial charge in [0.15, 0.2) is 0 Å². The van der Waals surface area contributed by atoms with Gasteiger partial charge >= 0.3 is 5.97 Å². The number of anilines is 1. The molecule has 0 radical (unpaired) electrons. The van der Waals surface area contributed by atoms with Gasteiger partial charge in [0, 0.05) is 6.42 Å². The number of hydrogen-bond acceptors (Lipinski definition) is 3. The molecule has 1 aromatic carbocycles. The van der Waals surface area contributed by atoms with Crippen LogP contribution in [-0.4, -0.2) is 22.1 Å². The summed E-state index contributed by atoms with van der Waals surface area (Å²) < 4.78 is 0. The Kier molecular flexibility index (Phi) is 4.71. The number of aromatic carboxylic acids is 1. The van der Waals surface area contributed by atoms with E-state index in [1.807, 2.05) is 13.8 Å². The van der Waals surface area contributed by atoms with Gasteiger partial charge in [0.1, 0.15) is 5.75 Å². The third kappa shape index (κ3) is 3.76. The number of phenols is 1. The molecule has 0 saturated heterocycles. The number of aromatic hydroxyl groups is 1. The quantitative estimate of drug-likeness (QED) is 0.701. The highest BCUT2D eigenvalue weighted by molar-refractivity contribution is 6.00. The molecule has 0 saturated carbocycles. The fourth-order valence-corrected chi connectivity index (χ4v) is 1.48. The first-order valence-corrected chi connectivity index (χ1v) is 5.80. The molecule has 0 bridgehead atoms. The third-order valence-corrected chi connectivity index (χ3v) is 2.74. The molecule has 5 nitrogen and oxygen atoms in total. The second-order valence-corrected chi connectivity index (χ2v) is 4.30. The van der Waals surface area contributed by atoms with Gasteiger partial charge in [-0.05, 0) is 24.1 Å². The van der Waals surface area contributed by atoms with Crippen molar-refractivity contribution < 1.29 is 19.8 Å². The van der Waals surface area contributed by atoms with Crippen molar-refractivity contribution in [3.63, 3.8) is 0 Å². The smallest absolute Gasteiger partial charge is 0.337 e. The number of rotatable bonds is 5. The summed E-state index contributed by atoms with van der Waals surface area (Å²) in [6, 6.07) is 3.83. The molecule has 0 aliphatic rings. The second-order valence-electron chi connectivity index (χ2n) is 4.30. The van der Waals surface area contributed by atoms with E-state index in [1.54, 1.807) is 0 Å². The van der Waals surface area contributed by atoms with Crippen molar-refractivity contribution in [1.29, 1.82) is 0 Å². The van der Waals surface area contributed by atoms with Crippen LogP contribution in [0.2, 0.25) is 0 Å². The molecule has 0 aromatic heterocycles. The normalized spacial score (nSPS) is 11.9. The third-order valence-electron chi connectivity index (χ3n) is 2.74. The van der Waals surface area contributed by atoms with E-state index in [4.69, 9.17) is 5.11 Å². The van der Waals surface area contributed by atoms with E-state index in [2.05, 4.69) is 5.32 Å². The minimum atomic E-state index is -1.19. The van der Waals surface area contributed by atoms with Crippen LogP contribution in [0.15, 0.2) is 18.2 Å². The Morgan fingerprint density at radius 3 is 2.61 bits per heavy atom. The predicted octanol–water partition coefficient (Wildman–Crippen LogP) is 2.47. The van der Waals surface area contributed by atoms with Crippen LogP contribution in [-0.2, 0) is 4.79 Å². The number of carboxylic acids is 1. The fourth-order valence-electron chi connectivity index (χ4n) is 1.48. The number of hydrogen-bond donors (Lipinski definition) is 3. The van der Waals surface area contributed by atoms with Crippen molar-refractivity contribution in [2.24, 2.45) is 5.92 Å². The van der Waals surface area contributed by atoms with Crippen molar-refractivity contribution in [3.05, 3.63) is 23.8 Å². The van der Waals surface area contributed by atoms with E-state index < -0.39 is 5.97 Å². The maximum atomic E-state index is 11.7. The Bertz CT molecular complexity index is 456. The number of carboxylic acid groups (broad SMARTS) is 1. The first-order valence-electron chi connectivity index (χ1n) is 5.80. The molecule has 3 N–H and O–H groups in total. The van der Waals surface area contributed by atoms with Gasteiger partial charge < -0.3 is 15.5 Å². The zero-order valence-corrected chi connectivity index (χ0v) is 10.4. The maximum absolute atomic E-state index is 11.7. The molecule has 5 heteroatoms. The Labute approximate surface area is 105 Å². The van der Waals surface area contributed by atoms with Crippen LogP contribution in [0.5, 0.6) is 5.75 Å². The number of amides is 1. The van der Waals surface area contributed by atoms with E-state index in [9.17, 15) is 14.7 Å². The van der Waals surface area contributed by atoms with Gasteiger partial charge in [-0.15, -0.1) is 0 Å². The Morgan fingerprint density at radius 1 is 1.39 bits per heavy atom. The first kappa shape index (κ1) is 14.0. The van der Waals surface area contributed by atoms with E-state index in [-0.39, 0.29) is 28.8 Å². The van der Waals surface area contributed by atoms with Gasteiger partial charge in [0.2, 0.25) is 5.91 Å². The molecule has 1 atom stereocenters. The molecule has 18 heavy (non-hydrogen) atoms. The van der Waals surface area contributed by atoms with Crippen molar-refractivity contribution in [2.75, 3.05) is 5.32 Å². The van der Waals surface area contributed by atoms with Gasteiger partial charge in [0.05, 0.1) is 11.3 Å². The first-order chi connectivity index (χ1) is 8.43. The highest BCUT2D eigenvalue weighted by atomic mass is 16.4. The molecule has 0 aliphatic heterocycles. The topological polar surface area (TPSA) is 86.6 Å². The molecule has 1 rings (SSSR count). The summed E-state index contributed by atoms with van der Waals surface area (Å²) in [4.78, 5) is 22.6. The average molecular weight is 251 g/mol. The van der Waals surface area contributed by atoms with Crippen LogP contribution < -0.4 is 5.32 Å². The van der Waals surface area contributed by atoms with Gasteiger partial charge in [-0.1, -0.05) is 20.3 Å². The molecular formula is C13H17NO4. The second kappa shape index (κ2) is 6.05. The summed E-state index contributed by atoms with van der Waals surface area (Å²) in [6.45, 7) is 3.94. The number of carbonyl (C=O) groups is 2. The molecule has 1 unspecified atom stereocenters. The standard InChI is InChI=1S/C13H17NO4/c1-3-8(2)6-12(16)14-11-5-4-9(15)7-10(11)13(17)18/h4-5,7-8,15H,3,6H2,1-2H3,(H,14,16)(H,17,18). The highest BCUT2D eigenvalue weighted by Crippen LogP contribution is 2.22. The molecule has 1 aromatic rings. The minimum absolute atomic E-state index is 0.118. The van der Waals surface area contributed by atoms with Crippen LogP contribution in [0.25, 0.3) is 0 Å². The molecule has 0 spiro atoms. The zero-order chi connectivity index (χ0) is 13.7. The van der Waals surface area contributed by atoms with Crippen LogP contribution in [0.3, 0.4) is 0 Å². The maximum Gasteiger partial charge on any atom is 0.337 e. The van der Waals surface area contributed by atoms with Gasteiger partial charge in [-0.25, -0.2) is 4.79 Å². The predicted molar refractivity (Wildman–Crippen MR) is 67.8 cm³/mol. The molecule has 98 valence electrons. The molecule has 0 aliphatic carbocycles. The van der Waals surface area contributed by atoms with Crippen molar-refractivity contribution in [3.8, 4) is 5.75 Å². The number of nitrogens with one attached hydrogen (secondary N) is 1. The van der Waals surface area contributed by atoms with E-state index in [1.165, 1.54) is 12.1 Å². The summed E-state index contributed by atoms with van der Waals surface area (Å²) in [5.41, 5.74) is 0.0844. The Morgan fingerprint density at radius 2 is 2.06 bits per heavy atom. The lowest BCUT2D eigenvalue weighted by molar-refractivity contribution is -0.117. The van der Waals surface area contributed by atoms with Crippen LogP contribution in [0, 0.1) is 5.92 Å². The summed E-state index contributed by atoms with van der Waals surface area (Å²) in [5, 5.41) is 20.8. The summed E-state index contributed by atoms with van der Waals surface area (Å²) in [7, 11) is 0. The van der Waals surface area contributed by atoms with Crippen molar-refractivity contribution >= 4 is 17.6 Å². The SMILES string of the molecule is CCC(C)CC(=O)Nc1ccc(O)cc1C(=O)O. The Hall–Kier alpha value is -2.04. The average Bonchev–Trinajstić information content (AvgIpc) is 2.30. The van der Waals surface area contributed by atoms with Crippen LogP contribution in [0.1, 0.15) is 37.0 Å². The summed E-state index contributed by atoms with van der Waals surface area (Å²) in [5.74, 6) is -1.31. The van der Waals surface area contributed by atoms with E-state index in [0.29, 0.717) is 6.42 Å². The van der Waals surface area contributed by atoms with Gasteiger partial charge in [-0.2, -0.15) is 0 Å². The van der Waals surface area contributed by atoms with E-state index >= 15 is 0 Å². The molecule has 1 amide bonds. The summed E-state index contributed by atoms with van der Waals surface area (Å²) >= 11 is 0. The minimum Gasteiger partial charge on any atom is -0.508 e.